The molecule has 7 heteroatoms. The zero-order valence-electron chi connectivity index (χ0n) is 11.7. The zero-order valence-corrected chi connectivity index (χ0v) is 12.5. The highest BCUT2D eigenvalue weighted by Gasteiger charge is 2.18. The van der Waals surface area contributed by atoms with Gasteiger partial charge in [-0.1, -0.05) is 17.7 Å². The van der Waals surface area contributed by atoms with Gasteiger partial charge in [-0.3, -0.25) is 0 Å². The van der Waals surface area contributed by atoms with Crippen molar-refractivity contribution in [3.8, 4) is 0 Å². The molecule has 3 rings (SSSR count). The summed E-state index contributed by atoms with van der Waals surface area (Å²) in [4.78, 5) is 19.8. The summed E-state index contributed by atoms with van der Waals surface area (Å²) in [5.41, 5.74) is 9.29. The van der Waals surface area contributed by atoms with Crippen LogP contribution in [0.1, 0.15) is 21.5 Å². The molecule has 3 aromatic rings. The van der Waals surface area contributed by atoms with Crippen molar-refractivity contribution in [3.05, 3.63) is 52.6 Å². The number of rotatable bonds is 3. The lowest BCUT2D eigenvalue weighted by Gasteiger charge is -2.09. The average molecular weight is 317 g/mol. The maximum Gasteiger partial charge on any atom is 0.337 e. The lowest BCUT2D eigenvalue weighted by atomic mass is 10.0. The van der Waals surface area contributed by atoms with Gasteiger partial charge in [0, 0.05) is 19.7 Å². The second-order valence-corrected chi connectivity index (χ2v) is 5.41. The third kappa shape index (κ3) is 2.37. The highest BCUT2D eigenvalue weighted by molar-refractivity contribution is 6.29. The number of pyridine rings is 1. The van der Waals surface area contributed by atoms with Gasteiger partial charge in [0.2, 0.25) is 0 Å². The Morgan fingerprint density at radius 1 is 1.41 bits per heavy atom. The Bertz CT molecular complexity index is 871. The molecule has 0 fully saturated rings. The Labute approximate surface area is 131 Å². The molecule has 0 unspecified atom stereocenters. The first kappa shape index (κ1) is 14.3. The van der Waals surface area contributed by atoms with Crippen LogP contribution >= 0.6 is 11.6 Å². The largest absolute Gasteiger partial charge is 0.478 e. The van der Waals surface area contributed by atoms with E-state index in [1.807, 2.05) is 6.07 Å². The van der Waals surface area contributed by atoms with E-state index in [2.05, 4.69) is 9.97 Å². The van der Waals surface area contributed by atoms with Crippen LogP contribution in [0.25, 0.3) is 11.0 Å². The van der Waals surface area contributed by atoms with Crippen molar-refractivity contribution < 1.29 is 9.90 Å². The number of carboxylic acids is 1. The number of halogens is 1. The standard InChI is InChI=1S/C15H13ClN4O2/c1-20-7-19-13-9(4-8-2-3-11(16)18-6-8)5-10(15(21)22)12(17)14(13)20/h2-3,5-7H,4,17H2,1H3,(H,21,22). The summed E-state index contributed by atoms with van der Waals surface area (Å²) in [6.45, 7) is 0. The summed E-state index contributed by atoms with van der Waals surface area (Å²) in [6.07, 6.45) is 3.78. The summed E-state index contributed by atoms with van der Waals surface area (Å²) in [5.74, 6) is -1.06. The van der Waals surface area contributed by atoms with Crippen LogP contribution in [0, 0.1) is 0 Å². The number of nitrogens with two attached hydrogens (primary N) is 1. The predicted octanol–water partition coefficient (Wildman–Crippen LogP) is 2.49. The average Bonchev–Trinajstić information content (AvgIpc) is 2.86. The Balaban J connectivity index is 2.18. The van der Waals surface area contributed by atoms with Gasteiger partial charge in [0.1, 0.15) is 5.15 Å². The van der Waals surface area contributed by atoms with Crippen LogP contribution in [0.2, 0.25) is 5.15 Å². The van der Waals surface area contributed by atoms with Crippen LogP contribution in [0.4, 0.5) is 5.69 Å². The lowest BCUT2D eigenvalue weighted by molar-refractivity contribution is 0.0698. The molecule has 112 valence electrons. The molecule has 0 aliphatic rings. The number of fused-ring (bicyclic) bond motifs is 1. The topological polar surface area (TPSA) is 94.0 Å². The van der Waals surface area contributed by atoms with Gasteiger partial charge in [0.05, 0.1) is 28.6 Å². The molecule has 0 radical (unpaired) electrons. The smallest absolute Gasteiger partial charge is 0.337 e. The number of nitrogens with zero attached hydrogens (tertiary/aromatic N) is 3. The van der Waals surface area contributed by atoms with Gasteiger partial charge < -0.3 is 15.4 Å². The number of hydrogen-bond acceptors (Lipinski definition) is 4. The van der Waals surface area contributed by atoms with E-state index in [0.717, 1.165) is 11.1 Å². The normalized spacial score (nSPS) is 11.0. The van der Waals surface area contributed by atoms with Crippen molar-refractivity contribution in [3.63, 3.8) is 0 Å². The molecular weight excluding hydrogens is 304 g/mol. The van der Waals surface area contributed by atoms with Crippen LogP contribution < -0.4 is 5.73 Å². The van der Waals surface area contributed by atoms with E-state index < -0.39 is 5.97 Å². The summed E-state index contributed by atoms with van der Waals surface area (Å²) in [5, 5.41) is 9.75. The molecule has 3 N–H and O–H groups in total. The van der Waals surface area contributed by atoms with Gasteiger partial charge in [0.25, 0.3) is 0 Å². The lowest BCUT2D eigenvalue weighted by Crippen LogP contribution is -2.06. The molecule has 0 saturated heterocycles. The number of imidazole rings is 1. The predicted molar refractivity (Wildman–Crippen MR) is 84.1 cm³/mol. The van der Waals surface area contributed by atoms with Crippen molar-refractivity contribution in [2.45, 2.75) is 6.42 Å². The van der Waals surface area contributed by atoms with Crippen molar-refractivity contribution >= 4 is 34.3 Å². The van der Waals surface area contributed by atoms with Crippen LogP contribution in [0.5, 0.6) is 0 Å². The van der Waals surface area contributed by atoms with E-state index in [1.165, 1.54) is 0 Å². The molecule has 0 spiro atoms. The molecule has 6 nitrogen and oxygen atoms in total. The van der Waals surface area contributed by atoms with Crippen molar-refractivity contribution in [2.75, 3.05) is 5.73 Å². The monoisotopic (exact) mass is 316 g/mol. The minimum Gasteiger partial charge on any atom is -0.478 e. The number of carboxylic acid groups (broad SMARTS) is 1. The second kappa shape index (κ2) is 5.31. The number of nitrogen functional groups attached to an aromatic ring is 1. The van der Waals surface area contributed by atoms with E-state index in [9.17, 15) is 9.90 Å². The number of carbonyl (C=O) groups is 1. The molecule has 1 aromatic carbocycles. The van der Waals surface area contributed by atoms with Gasteiger partial charge in [-0.2, -0.15) is 0 Å². The van der Waals surface area contributed by atoms with Gasteiger partial charge in [0.15, 0.2) is 0 Å². The number of anilines is 1. The van der Waals surface area contributed by atoms with E-state index in [0.29, 0.717) is 22.6 Å². The number of aryl methyl sites for hydroxylation is 1. The first-order chi connectivity index (χ1) is 10.5. The van der Waals surface area contributed by atoms with E-state index >= 15 is 0 Å². The first-order valence-corrected chi connectivity index (χ1v) is 6.91. The van der Waals surface area contributed by atoms with E-state index in [-0.39, 0.29) is 11.3 Å². The van der Waals surface area contributed by atoms with Crippen LogP contribution in [-0.2, 0) is 13.5 Å². The Morgan fingerprint density at radius 2 is 2.18 bits per heavy atom. The molecule has 0 aliphatic carbocycles. The van der Waals surface area contributed by atoms with Gasteiger partial charge in [-0.25, -0.2) is 14.8 Å². The maximum absolute atomic E-state index is 11.4. The van der Waals surface area contributed by atoms with E-state index in [1.54, 1.807) is 36.3 Å². The fraction of sp³-hybridized carbons (Fsp3) is 0.133. The number of aromatic carboxylic acids is 1. The van der Waals surface area contributed by atoms with Crippen LogP contribution in [0.15, 0.2) is 30.7 Å². The number of benzene rings is 1. The van der Waals surface area contributed by atoms with Crippen molar-refractivity contribution in [1.82, 2.24) is 14.5 Å². The van der Waals surface area contributed by atoms with Crippen molar-refractivity contribution in [1.29, 1.82) is 0 Å². The molecular formula is C15H13ClN4O2. The highest BCUT2D eigenvalue weighted by Crippen LogP contribution is 2.29. The molecule has 0 bridgehead atoms. The fourth-order valence-electron chi connectivity index (χ4n) is 2.47. The fourth-order valence-corrected chi connectivity index (χ4v) is 2.59. The van der Waals surface area contributed by atoms with Crippen molar-refractivity contribution in [2.24, 2.45) is 7.05 Å². The van der Waals surface area contributed by atoms with Gasteiger partial charge in [-0.05, 0) is 23.3 Å². The molecule has 2 aromatic heterocycles. The highest BCUT2D eigenvalue weighted by atomic mass is 35.5. The molecule has 0 aliphatic heterocycles. The maximum atomic E-state index is 11.4. The molecule has 0 amide bonds. The Hall–Kier alpha value is -2.60. The second-order valence-electron chi connectivity index (χ2n) is 5.02. The van der Waals surface area contributed by atoms with Crippen LogP contribution in [-0.4, -0.2) is 25.6 Å². The third-order valence-corrected chi connectivity index (χ3v) is 3.74. The summed E-state index contributed by atoms with van der Waals surface area (Å²) >= 11 is 5.78. The minimum absolute atomic E-state index is 0.0769. The number of aromatic nitrogens is 3. The minimum atomic E-state index is -1.06. The third-order valence-electron chi connectivity index (χ3n) is 3.52. The van der Waals surface area contributed by atoms with E-state index in [4.69, 9.17) is 17.3 Å². The summed E-state index contributed by atoms with van der Waals surface area (Å²) in [7, 11) is 1.78. The zero-order chi connectivity index (χ0) is 15.9. The molecule has 0 atom stereocenters. The first-order valence-electron chi connectivity index (χ1n) is 6.53. The van der Waals surface area contributed by atoms with Gasteiger partial charge in [-0.15, -0.1) is 0 Å². The Kier molecular flexibility index (Phi) is 3.46. The Morgan fingerprint density at radius 3 is 2.82 bits per heavy atom. The number of hydrogen-bond donors (Lipinski definition) is 2. The molecule has 2 heterocycles. The molecule has 0 saturated carbocycles. The van der Waals surface area contributed by atoms with Crippen LogP contribution in [0.3, 0.4) is 0 Å². The summed E-state index contributed by atoms with van der Waals surface area (Å²) < 4.78 is 1.72. The quantitative estimate of drug-likeness (QED) is 0.572. The SMILES string of the molecule is Cn1cnc2c(Cc3ccc(Cl)nc3)cc(C(=O)O)c(N)c21. The van der Waals surface area contributed by atoms with Gasteiger partial charge >= 0.3 is 5.97 Å². The molecule has 22 heavy (non-hydrogen) atoms. The summed E-state index contributed by atoms with van der Waals surface area (Å²) in [6, 6.07) is 5.12.